The van der Waals surface area contributed by atoms with Gasteiger partial charge in [-0.2, -0.15) is 0 Å². The Labute approximate surface area is 186 Å². The maximum absolute atomic E-state index is 12.6. The minimum atomic E-state index is -0.0748. The molecule has 0 radical (unpaired) electrons. The number of pyridine rings is 1. The maximum atomic E-state index is 12.6. The molecule has 2 amide bonds. The molecule has 4 rings (SSSR count). The molecule has 3 heterocycles. The summed E-state index contributed by atoms with van der Waals surface area (Å²) in [6.45, 7) is 4.62. The van der Waals surface area contributed by atoms with Crippen LogP contribution in [0.2, 0.25) is 0 Å². The van der Waals surface area contributed by atoms with Gasteiger partial charge in [-0.05, 0) is 55.6 Å². The van der Waals surface area contributed by atoms with E-state index < -0.39 is 0 Å². The van der Waals surface area contributed by atoms with Crippen molar-refractivity contribution in [3.05, 3.63) is 60.3 Å². The molecular formula is C22H25N7OS. The monoisotopic (exact) mass is 435 g/mol. The van der Waals surface area contributed by atoms with E-state index in [4.69, 9.17) is 0 Å². The molecule has 2 N–H and O–H groups in total. The fourth-order valence-electron chi connectivity index (χ4n) is 3.35. The van der Waals surface area contributed by atoms with E-state index in [2.05, 4.69) is 30.7 Å². The van der Waals surface area contributed by atoms with E-state index in [-0.39, 0.29) is 6.03 Å². The number of rotatable bonds is 5. The summed E-state index contributed by atoms with van der Waals surface area (Å²) in [4.78, 5) is 22.1. The standard InChI is InChI=1S/C22H25N7OS/c1-16-5-3-8-19(23-16)25-20-9-10-21(27-26-20)28-11-13-29(14-12-28)22(30)24-17-6-4-7-18(15-17)31-2/h3-10,15H,11-14H2,1-2H3,(H,24,30)(H,23,25,26). The van der Waals surface area contributed by atoms with Crippen LogP contribution in [0.1, 0.15) is 5.69 Å². The van der Waals surface area contributed by atoms with Crippen LogP contribution in [-0.2, 0) is 0 Å². The summed E-state index contributed by atoms with van der Waals surface area (Å²) >= 11 is 1.65. The van der Waals surface area contributed by atoms with Crippen molar-refractivity contribution in [2.75, 3.05) is 48.0 Å². The van der Waals surface area contributed by atoms with Gasteiger partial charge in [0.15, 0.2) is 11.6 Å². The molecule has 1 saturated heterocycles. The van der Waals surface area contributed by atoms with Gasteiger partial charge in [-0.15, -0.1) is 22.0 Å². The van der Waals surface area contributed by atoms with Crippen LogP contribution in [0.15, 0.2) is 59.5 Å². The fourth-order valence-corrected chi connectivity index (χ4v) is 3.81. The van der Waals surface area contributed by atoms with Crippen LogP contribution >= 0.6 is 11.8 Å². The molecule has 3 aromatic rings. The predicted octanol–water partition coefficient (Wildman–Crippen LogP) is 4.00. The average Bonchev–Trinajstić information content (AvgIpc) is 2.80. The third-order valence-electron chi connectivity index (χ3n) is 5.01. The molecule has 0 atom stereocenters. The Bertz CT molecular complexity index is 1040. The number of hydrogen-bond acceptors (Lipinski definition) is 7. The first-order chi connectivity index (χ1) is 15.1. The first-order valence-electron chi connectivity index (χ1n) is 10.1. The van der Waals surface area contributed by atoms with Gasteiger partial charge in [-0.3, -0.25) is 0 Å². The third kappa shape index (κ3) is 5.43. The maximum Gasteiger partial charge on any atom is 0.321 e. The number of thioether (sulfide) groups is 1. The topological polar surface area (TPSA) is 86.3 Å². The molecule has 0 bridgehead atoms. The number of hydrogen-bond donors (Lipinski definition) is 2. The summed E-state index contributed by atoms with van der Waals surface area (Å²) in [7, 11) is 0. The summed E-state index contributed by atoms with van der Waals surface area (Å²) < 4.78 is 0. The van der Waals surface area contributed by atoms with E-state index in [1.165, 1.54) is 0 Å². The molecule has 1 aromatic carbocycles. The molecular weight excluding hydrogens is 410 g/mol. The van der Waals surface area contributed by atoms with Crippen LogP contribution in [0.5, 0.6) is 0 Å². The van der Waals surface area contributed by atoms with Crippen molar-refractivity contribution in [3.8, 4) is 0 Å². The van der Waals surface area contributed by atoms with Crippen molar-refractivity contribution >= 4 is 40.9 Å². The Morgan fingerprint density at radius 2 is 1.77 bits per heavy atom. The second kappa shape index (κ2) is 9.65. The number of carbonyl (C=O) groups excluding carboxylic acids is 1. The second-order valence-electron chi connectivity index (χ2n) is 7.20. The van der Waals surface area contributed by atoms with E-state index >= 15 is 0 Å². The van der Waals surface area contributed by atoms with Crippen LogP contribution in [0.3, 0.4) is 0 Å². The highest BCUT2D eigenvalue weighted by molar-refractivity contribution is 7.98. The summed E-state index contributed by atoms with van der Waals surface area (Å²) in [5.41, 5.74) is 1.75. The smallest absolute Gasteiger partial charge is 0.321 e. The molecule has 9 heteroatoms. The molecule has 160 valence electrons. The van der Waals surface area contributed by atoms with E-state index in [9.17, 15) is 4.79 Å². The number of benzene rings is 1. The first kappa shape index (κ1) is 20.9. The molecule has 0 spiro atoms. The zero-order valence-electron chi connectivity index (χ0n) is 17.6. The van der Waals surface area contributed by atoms with Gasteiger partial charge in [-0.1, -0.05) is 12.1 Å². The molecule has 0 unspecified atom stereocenters. The third-order valence-corrected chi connectivity index (χ3v) is 5.73. The normalized spacial score (nSPS) is 13.7. The predicted molar refractivity (Wildman–Crippen MR) is 125 cm³/mol. The summed E-state index contributed by atoms with van der Waals surface area (Å²) in [6, 6.07) is 17.4. The lowest BCUT2D eigenvalue weighted by molar-refractivity contribution is 0.208. The van der Waals surface area contributed by atoms with E-state index in [1.807, 2.05) is 72.7 Å². The Morgan fingerprint density at radius 3 is 2.48 bits per heavy atom. The van der Waals surface area contributed by atoms with Crippen molar-refractivity contribution in [2.24, 2.45) is 0 Å². The average molecular weight is 436 g/mol. The second-order valence-corrected chi connectivity index (χ2v) is 8.08. The highest BCUT2D eigenvalue weighted by Gasteiger charge is 2.22. The number of anilines is 4. The number of urea groups is 1. The number of nitrogens with one attached hydrogen (secondary N) is 2. The van der Waals surface area contributed by atoms with Gasteiger partial charge in [0.2, 0.25) is 0 Å². The number of carbonyl (C=O) groups is 1. The zero-order chi connectivity index (χ0) is 21.6. The van der Waals surface area contributed by atoms with Crippen LogP contribution in [-0.4, -0.2) is 58.5 Å². The van der Waals surface area contributed by atoms with Crippen LogP contribution in [0.25, 0.3) is 0 Å². The molecule has 1 aliphatic rings. The van der Waals surface area contributed by atoms with Crippen molar-refractivity contribution in [1.29, 1.82) is 0 Å². The summed E-state index contributed by atoms with van der Waals surface area (Å²) in [5, 5.41) is 14.8. The Balaban J connectivity index is 1.30. The van der Waals surface area contributed by atoms with Crippen LogP contribution in [0, 0.1) is 6.92 Å². The van der Waals surface area contributed by atoms with Crippen molar-refractivity contribution in [1.82, 2.24) is 20.1 Å². The van der Waals surface area contributed by atoms with E-state index in [0.29, 0.717) is 32.0 Å². The number of nitrogens with zero attached hydrogens (tertiary/aromatic N) is 5. The lowest BCUT2D eigenvalue weighted by Crippen LogP contribution is -2.50. The quantitative estimate of drug-likeness (QED) is 0.586. The van der Waals surface area contributed by atoms with Gasteiger partial charge < -0.3 is 20.4 Å². The number of piperazine rings is 1. The highest BCUT2D eigenvalue weighted by Crippen LogP contribution is 2.20. The lowest BCUT2D eigenvalue weighted by Gasteiger charge is -2.35. The minimum Gasteiger partial charge on any atom is -0.352 e. The van der Waals surface area contributed by atoms with Crippen LogP contribution in [0.4, 0.5) is 27.9 Å². The molecule has 8 nitrogen and oxygen atoms in total. The zero-order valence-corrected chi connectivity index (χ0v) is 18.4. The van der Waals surface area contributed by atoms with Gasteiger partial charge in [-0.25, -0.2) is 9.78 Å². The highest BCUT2D eigenvalue weighted by atomic mass is 32.2. The largest absolute Gasteiger partial charge is 0.352 e. The number of amides is 2. The molecule has 31 heavy (non-hydrogen) atoms. The molecule has 1 fully saturated rings. The Hall–Kier alpha value is -3.33. The van der Waals surface area contributed by atoms with Crippen molar-refractivity contribution in [2.45, 2.75) is 11.8 Å². The first-order valence-corrected chi connectivity index (χ1v) is 11.3. The molecule has 2 aromatic heterocycles. The lowest BCUT2D eigenvalue weighted by atomic mass is 10.3. The van der Waals surface area contributed by atoms with Crippen molar-refractivity contribution in [3.63, 3.8) is 0 Å². The molecule has 0 saturated carbocycles. The Kier molecular flexibility index (Phi) is 6.51. The summed E-state index contributed by atoms with van der Waals surface area (Å²) in [5.74, 6) is 2.19. The summed E-state index contributed by atoms with van der Waals surface area (Å²) in [6.07, 6.45) is 2.02. The fraction of sp³-hybridized carbons (Fsp3) is 0.273. The van der Waals surface area contributed by atoms with E-state index in [1.54, 1.807) is 11.8 Å². The molecule has 1 aliphatic heterocycles. The van der Waals surface area contributed by atoms with Gasteiger partial charge in [0.25, 0.3) is 0 Å². The SMILES string of the molecule is CSc1cccc(NC(=O)N2CCN(c3ccc(Nc4cccc(C)n4)nn3)CC2)c1. The Morgan fingerprint density at radius 1 is 0.968 bits per heavy atom. The van der Waals surface area contributed by atoms with Gasteiger partial charge in [0.05, 0.1) is 0 Å². The molecule has 0 aliphatic carbocycles. The van der Waals surface area contributed by atoms with Gasteiger partial charge in [0.1, 0.15) is 5.82 Å². The number of aryl methyl sites for hydroxylation is 1. The minimum absolute atomic E-state index is 0.0748. The van der Waals surface area contributed by atoms with Gasteiger partial charge >= 0.3 is 6.03 Å². The van der Waals surface area contributed by atoms with Crippen LogP contribution < -0.4 is 15.5 Å². The van der Waals surface area contributed by atoms with Crippen molar-refractivity contribution < 1.29 is 4.79 Å². The van der Waals surface area contributed by atoms with E-state index in [0.717, 1.165) is 27.9 Å². The van der Waals surface area contributed by atoms with Gasteiger partial charge in [0, 0.05) is 42.5 Å². The number of aromatic nitrogens is 3.